The number of rotatable bonds is 9. The molecular formula is C27H24N2O3. The van der Waals surface area contributed by atoms with Gasteiger partial charge in [0, 0.05) is 25.8 Å². The fraction of sp³-hybridized carbons (Fsp3) is 0.185. The van der Waals surface area contributed by atoms with Crippen molar-refractivity contribution in [3.63, 3.8) is 0 Å². The lowest BCUT2D eigenvalue weighted by molar-refractivity contribution is -0.137. The Hall–Kier alpha value is -3.86. The summed E-state index contributed by atoms with van der Waals surface area (Å²) in [5.41, 5.74) is 2.41. The van der Waals surface area contributed by atoms with Crippen LogP contribution in [0.5, 0.6) is 0 Å². The first-order valence-electron chi connectivity index (χ1n) is 10.6. The summed E-state index contributed by atoms with van der Waals surface area (Å²) in [7, 11) is 0. The van der Waals surface area contributed by atoms with Crippen LogP contribution in [0, 0.1) is 5.92 Å². The van der Waals surface area contributed by atoms with E-state index < -0.39 is 17.5 Å². The predicted octanol–water partition coefficient (Wildman–Crippen LogP) is 4.67. The monoisotopic (exact) mass is 424 g/mol. The van der Waals surface area contributed by atoms with Gasteiger partial charge >= 0.3 is 0 Å². The zero-order chi connectivity index (χ0) is 22.5. The van der Waals surface area contributed by atoms with Crippen molar-refractivity contribution in [2.75, 3.05) is 0 Å². The summed E-state index contributed by atoms with van der Waals surface area (Å²) in [5.74, 6) is -1.92. The lowest BCUT2D eigenvalue weighted by atomic mass is 9.88. The first kappa shape index (κ1) is 21.4. The molecule has 0 aliphatic heterocycles. The predicted molar refractivity (Wildman–Crippen MR) is 124 cm³/mol. The quantitative estimate of drug-likeness (QED) is 0.289. The van der Waals surface area contributed by atoms with Gasteiger partial charge in [-0.05, 0) is 34.4 Å². The number of aromatic nitrogens is 2. The highest BCUT2D eigenvalue weighted by molar-refractivity contribution is 6.37. The van der Waals surface area contributed by atoms with Crippen molar-refractivity contribution in [2.45, 2.75) is 26.3 Å². The van der Waals surface area contributed by atoms with Gasteiger partial charge in [0.25, 0.3) is 0 Å². The average molecular weight is 425 g/mol. The Labute approximate surface area is 186 Å². The molecule has 1 atom stereocenters. The van der Waals surface area contributed by atoms with Gasteiger partial charge in [0.2, 0.25) is 5.78 Å². The van der Waals surface area contributed by atoms with Gasteiger partial charge in [0.15, 0.2) is 11.6 Å². The van der Waals surface area contributed by atoms with E-state index in [1.807, 2.05) is 48.5 Å². The Morgan fingerprint density at radius 2 is 1.59 bits per heavy atom. The van der Waals surface area contributed by atoms with Gasteiger partial charge < -0.3 is 4.57 Å². The zero-order valence-electron chi connectivity index (χ0n) is 17.9. The molecule has 4 aromatic rings. The number of ketones is 3. The van der Waals surface area contributed by atoms with Crippen LogP contribution in [0.15, 0.2) is 85.3 Å². The van der Waals surface area contributed by atoms with Crippen LogP contribution in [0.4, 0.5) is 0 Å². The molecule has 32 heavy (non-hydrogen) atoms. The zero-order valence-corrected chi connectivity index (χ0v) is 17.9. The third-order valence-corrected chi connectivity index (χ3v) is 5.64. The standard InChI is InChI=1S/C27H24N2O3/c1-19(30)27(32)24(13-20-7-3-2-4-8-20)15-26(31)25-16-28-18-29(25)17-21-11-12-22-9-5-6-10-23(22)14-21/h2-12,14,16,18,24H,13,15,17H2,1H3. The number of fused-ring (bicyclic) bond motifs is 1. The summed E-state index contributed by atoms with van der Waals surface area (Å²) in [5, 5.41) is 2.29. The van der Waals surface area contributed by atoms with Gasteiger partial charge in [-0.25, -0.2) is 4.98 Å². The molecule has 0 spiro atoms. The van der Waals surface area contributed by atoms with Crippen molar-refractivity contribution < 1.29 is 14.4 Å². The second kappa shape index (κ2) is 9.52. The molecule has 160 valence electrons. The molecule has 3 aromatic carbocycles. The van der Waals surface area contributed by atoms with Crippen molar-refractivity contribution >= 4 is 28.1 Å². The lowest BCUT2D eigenvalue weighted by Gasteiger charge is -2.15. The third-order valence-electron chi connectivity index (χ3n) is 5.64. The van der Waals surface area contributed by atoms with E-state index in [1.165, 1.54) is 13.1 Å². The third kappa shape index (κ3) is 4.89. The Bertz CT molecular complexity index is 1270. The molecule has 0 radical (unpaired) electrons. The molecule has 0 aliphatic rings. The van der Waals surface area contributed by atoms with E-state index in [9.17, 15) is 14.4 Å². The van der Waals surface area contributed by atoms with Crippen molar-refractivity contribution in [3.05, 3.63) is 102 Å². The molecule has 0 bridgehead atoms. The number of benzene rings is 3. The van der Waals surface area contributed by atoms with Crippen molar-refractivity contribution in [1.82, 2.24) is 9.55 Å². The summed E-state index contributed by atoms with van der Waals surface area (Å²) < 4.78 is 1.80. The number of hydrogen-bond acceptors (Lipinski definition) is 4. The molecule has 0 N–H and O–H groups in total. The molecule has 0 saturated heterocycles. The van der Waals surface area contributed by atoms with Crippen LogP contribution < -0.4 is 0 Å². The minimum absolute atomic E-state index is 0.0310. The summed E-state index contributed by atoms with van der Waals surface area (Å²) in [4.78, 5) is 41.6. The smallest absolute Gasteiger partial charge is 0.201 e. The van der Waals surface area contributed by atoms with Gasteiger partial charge in [-0.15, -0.1) is 0 Å². The minimum Gasteiger partial charge on any atom is -0.324 e. The van der Waals surface area contributed by atoms with Crippen LogP contribution in [0.25, 0.3) is 10.8 Å². The number of Topliss-reactive ketones (excluding diaryl/α,β-unsaturated/α-hetero) is 3. The number of nitrogens with zero attached hydrogens (tertiary/aromatic N) is 2. The molecule has 0 amide bonds. The minimum atomic E-state index is -0.689. The molecular weight excluding hydrogens is 400 g/mol. The molecule has 4 rings (SSSR count). The van der Waals surface area contributed by atoms with E-state index in [2.05, 4.69) is 29.2 Å². The van der Waals surface area contributed by atoms with Gasteiger partial charge in [-0.3, -0.25) is 14.4 Å². The fourth-order valence-corrected chi connectivity index (χ4v) is 3.98. The highest BCUT2D eigenvalue weighted by Crippen LogP contribution is 2.20. The van der Waals surface area contributed by atoms with E-state index in [1.54, 1.807) is 10.9 Å². The lowest BCUT2D eigenvalue weighted by Crippen LogP contribution is -2.27. The van der Waals surface area contributed by atoms with Crippen molar-refractivity contribution in [3.8, 4) is 0 Å². The second-order valence-corrected chi connectivity index (χ2v) is 8.02. The van der Waals surface area contributed by atoms with Crippen LogP contribution in [0.1, 0.15) is 35.0 Å². The SMILES string of the molecule is CC(=O)C(=O)C(CC(=O)c1cncn1Cc1ccc2ccccc2c1)Cc1ccccc1. The van der Waals surface area contributed by atoms with Crippen LogP contribution in [-0.4, -0.2) is 26.9 Å². The van der Waals surface area contributed by atoms with Crippen LogP contribution in [0.3, 0.4) is 0 Å². The molecule has 0 fully saturated rings. The Kier molecular flexibility index (Phi) is 6.36. The van der Waals surface area contributed by atoms with E-state index in [0.29, 0.717) is 18.7 Å². The van der Waals surface area contributed by atoms with Crippen LogP contribution in [0.2, 0.25) is 0 Å². The molecule has 1 heterocycles. The van der Waals surface area contributed by atoms with Crippen molar-refractivity contribution in [2.24, 2.45) is 5.92 Å². The van der Waals surface area contributed by atoms with E-state index >= 15 is 0 Å². The Morgan fingerprint density at radius 1 is 0.875 bits per heavy atom. The van der Waals surface area contributed by atoms with Crippen molar-refractivity contribution in [1.29, 1.82) is 0 Å². The van der Waals surface area contributed by atoms with E-state index in [4.69, 9.17) is 0 Å². The highest BCUT2D eigenvalue weighted by Gasteiger charge is 2.27. The normalized spacial score (nSPS) is 11.9. The summed E-state index contributed by atoms with van der Waals surface area (Å²) >= 11 is 0. The van der Waals surface area contributed by atoms with Gasteiger partial charge in [-0.2, -0.15) is 0 Å². The first-order chi connectivity index (χ1) is 15.5. The maximum absolute atomic E-state index is 13.1. The van der Waals surface area contributed by atoms with Gasteiger partial charge in [0.1, 0.15) is 5.69 Å². The largest absolute Gasteiger partial charge is 0.324 e. The summed E-state index contributed by atoms with van der Waals surface area (Å²) in [6.45, 7) is 1.75. The highest BCUT2D eigenvalue weighted by atomic mass is 16.2. The molecule has 1 aromatic heterocycles. The molecule has 0 saturated carbocycles. The molecule has 0 aliphatic carbocycles. The Morgan fingerprint density at radius 3 is 2.34 bits per heavy atom. The number of imidazole rings is 1. The average Bonchev–Trinajstić information content (AvgIpc) is 3.27. The molecule has 5 heteroatoms. The summed E-state index contributed by atoms with van der Waals surface area (Å²) in [6.07, 6.45) is 3.48. The maximum atomic E-state index is 13.1. The fourth-order valence-electron chi connectivity index (χ4n) is 3.98. The number of hydrogen-bond donors (Lipinski definition) is 0. The molecule has 5 nitrogen and oxygen atoms in total. The van der Waals surface area contributed by atoms with Crippen LogP contribution in [-0.2, 0) is 22.6 Å². The Balaban J connectivity index is 1.54. The second-order valence-electron chi connectivity index (χ2n) is 8.02. The van der Waals surface area contributed by atoms with Gasteiger partial charge in [0.05, 0.1) is 12.5 Å². The summed E-state index contributed by atoms with van der Waals surface area (Å²) in [6, 6.07) is 23.8. The van der Waals surface area contributed by atoms with E-state index in [0.717, 1.165) is 21.9 Å². The van der Waals surface area contributed by atoms with Gasteiger partial charge in [-0.1, -0.05) is 66.7 Å². The topological polar surface area (TPSA) is 69.0 Å². The number of carbonyl (C=O) groups excluding carboxylic acids is 3. The first-order valence-corrected chi connectivity index (χ1v) is 10.6. The van der Waals surface area contributed by atoms with Crippen LogP contribution >= 0.6 is 0 Å². The van der Waals surface area contributed by atoms with E-state index in [-0.39, 0.29) is 12.2 Å². The number of carbonyl (C=O) groups is 3. The maximum Gasteiger partial charge on any atom is 0.201 e. The molecule has 1 unspecified atom stereocenters.